The Morgan fingerprint density at radius 2 is 1.89 bits per heavy atom. The maximum atomic E-state index is 12.1. The Hall–Kier alpha value is -2.13. The second kappa shape index (κ2) is 10.3. The highest BCUT2D eigenvalue weighted by Gasteiger charge is 2.13. The van der Waals surface area contributed by atoms with E-state index in [1.54, 1.807) is 19.2 Å². The molecular weight excluding hydrogens is 392 g/mol. The van der Waals surface area contributed by atoms with Crippen molar-refractivity contribution in [1.29, 1.82) is 0 Å². The average Bonchev–Trinajstić information content (AvgIpc) is 2.65. The first-order valence-electron chi connectivity index (χ1n) is 8.13. The lowest BCUT2D eigenvalue weighted by Gasteiger charge is -2.09. The van der Waals surface area contributed by atoms with Crippen LogP contribution in [0.1, 0.15) is 5.56 Å². The monoisotopic (exact) mass is 412 g/mol. The van der Waals surface area contributed by atoms with Crippen molar-refractivity contribution in [3.05, 3.63) is 59.1 Å². The van der Waals surface area contributed by atoms with E-state index < -0.39 is 10.0 Å². The first-order chi connectivity index (χ1) is 12.9. The van der Waals surface area contributed by atoms with Crippen molar-refractivity contribution in [2.24, 2.45) is 0 Å². The fourth-order valence-electron chi connectivity index (χ4n) is 2.18. The van der Waals surface area contributed by atoms with Crippen LogP contribution >= 0.6 is 11.6 Å². The maximum absolute atomic E-state index is 12.1. The van der Waals surface area contributed by atoms with Gasteiger partial charge in [0.15, 0.2) is 0 Å². The molecular formula is C18H21ClN2O5S. The molecule has 2 N–H and O–H groups in total. The summed E-state index contributed by atoms with van der Waals surface area (Å²) < 4.78 is 37.0. The Morgan fingerprint density at radius 1 is 1.11 bits per heavy atom. The molecule has 0 aliphatic rings. The molecule has 0 fully saturated rings. The summed E-state index contributed by atoms with van der Waals surface area (Å²) in [5, 5.41) is 2.92. The number of hydrogen-bond acceptors (Lipinski definition) is 5. The van der Waals surface area contributed by atoms with Gasteiger partial charge >= 0.3 is 0 Å². The van der Waals surface area contributed by atoms with E-state index in [-0.39, 0.29) is 37.1 Å². The lowest BCUT2D eigenvalue weighted by atomic mass is 10.2. The number of amides is 1. The number of sulfonamides is 1. The molecule has 2 aromatic rings. The second-order valence-electron chi connectivity index (χ2n) is 5.55. The van der Waals surface area contributed by atoms with Crippen LogP contribution in [-0.4, -0.2) is 41.1 Å². The van der Waals surface area contributed by atoms with E-state index in [9.17, 15) is 13.2 Å². The number of carbonyl (C=O) groups is 1. The lowest BCUT2D eigenvalue weighted by Crippen LogP contribution is -2.36. The van der Waals surface area contributed by atoms with Crippen molar-refractivity contribution in [2.45, 2.75) is 11.5 Å². The highest BCUT2D eigenvalue weighted by molar-refractivity contribution is 7.89. The molecule has 0 saturated heterocycles. The Balaban J connectivity index is 1.67. The Labute approximate surface area is 163 Å². The summed E-state index contributed by atoms with van der Waals surface area (Å²) in [6.45, 7) is 0.335. The molecule has 0 spiro atoms. The minimum atomic E-state index is -3.67. The molecule has 27 heavy (non-hydrogen) atoms. The fourth-order valence-corrected chi connectivity index (χ4v) is 3.51. The SMILES string of the molecule is COc1cccc(COCC(=O)NCCNS(=O)(=O)c2cccc(Cl)c2)c1. The van der Waals surface area contributed by atoms with Crippen molar-refractivity contribution in [1.82, 2.24) is 10.0 Å². The van der Waals surface area contributed by atoms with E-state index >= 15 is 0 Å². The third kappa shape index (κ3) is 7.18. The number of halogens is 1. The van der Waals surface area contributed by atoms with Crippen LogP contribution in [0.15, 0.2) is 53.4 Å². The molecule has 0 heterocycles. The smallest absolute Gasteiger partial charge is 0.246 e. The summed E-state index contributed by atoms with van der Waals surface area (Å²) in [6.07, 6.45) is 0. The quantitative estimate of drug-likeness (QED) is 0.582. The van der Waals surface area contributed by atoms with Crippen molar-refractivity contribution in [2.75, 3.05) is 26.8 Å². The summed E-state index contributed by atoms with van der Waals surface area (Å²) >= 11 is 5.79. The van der Waals surface area contributed by atoms with Gasteiger partial charge in [-0.2, -0.15) is 0 Å². The molecule has 0 bridgehead atoms. The van der Waals surface area contributed by atoms with Gasteiger partial charge in [-0.1, -0.05) is 29.8 Å². The van der Waals surface area contributed by atoms with Crippen LogP contribution in [0.25, 0.3) is 0 Å². The van der Waals surface area contributed by atoms with Gasteiger partial charge in [0.05, 0.1) is 18.6 Å². The van der Waals surface area contributed by atoms with Crippen molar-refractivity contribution < 1.29 is 22.7 Å². The van der Waals surface area contributed by atoms with E-state index in [0.29, 0.717) is 10.8 Å². The van der Waals surface area contributed by atoms with E-state index in [0.717, 1.165) is 5.56 Å². The van der Waals surface area contributed by atoms with Crippen LogP contribution in [-0.2, 0) is 26.2 Å². The van der Waals surface area contributed by atoms with Crippen LogP contribution in [0.4, 0.5) is 0 Å². The van der Waals surface area contributed by atoms with Crippen LogP contribution in [0.3, 0.4) is 0 Å². The van der Waals surface area contributed by atoms with Gasteiger partial charge in [-0.3, -0.25) is 4.79 Å². The van der Waals surface area contributed by atoms with Gasteiger partial charge in [0.1, 0.15) is 12.4 Å². The van der Waals surface area contributed by atoms with Crippen molar-refractivity contribution >= 4 is 27.5 Å². The third-order valence-electron chi connectivity index (χ3n) is 3.48. The molecule has 0 aliphatic carbocycles. The van der Waals surface area contributed by atoms with Crippen LogP contribution in [0.2, 0.25) is 5.02 Å². The maximum Gasteiger partial charge on any atom is 0.246 e. The minimum absolute atomic E-state index is 0.0521. The molecule has 0 saturated carbocycles. The standard InChI is InChI=1S/C18H21ClN2O5S/c1-25-16-6-2-4-14(10-16)12-26-13-18(22)20-8-9-21-27(23,24)17-7-3-5-15(19)11-17/h2-7,10-11,21H,8-9,12-13H2,1H3,(H,20,22). The summed E-state index contributed by atoms with van der Waals surface area (Å²) in [5.74, 6) is 0.382. The summed E-state index contributed by atoms with van der Waals surface area (Å²) in [7, 11) is -2.09. The number of hydrogen-bond donors (Lipinski definition) is 2. The van der Waals surface area contributed by atoms with Gasteiger partial charge in [-0.05, 0) is 35.9 Å². The molecule has 0 radical (unpaired) electrons. The van der Waals surface area contributed by atoms with Gasteiger partial charge in [0.25, 0.3) is 0 Å². The Kier molecular flexibility index (Phi) is 8.05. The summed E-state index contributed by atoms with van der Waals surface area (Å²) in [6, 6.07) is 13.3. The van der Waals surface area contributed by atoms with Gasteiger partial charge in [0.2, 0.25) is 15.9 Å². The van der Waals surface area contributed by atoms with Crippen LogP contribution in [0.5, 0.6) is 5.75 Å². The zero-order valence-electron chi connectivity index (χ0n) is 14.8. The van der Waals surface area contributed by atoms with Crippen molar-refractivity contribution in [3.63, 3.8) is 0 Å². The predicted molar refractivity (Wildman–Crippen MR) is 102 cm³/mol. The highest BCUT2D eigenvalue weighted by Crippen LogP contribution is 2.15. The van der Waals surface area contributed by atoms with E-state index in [2.05, 4.69) is 10.0 Å². The summed E-state index contributed by atoms with van der Waals surface area (Å²) in [5.41, 5.74) is 0.886. The molecule has 0 aliphatic heterocycles. The lowest BCUT2D eigenvalue weighted by molar-refractivity contribution is -0.126. The molecule has 2 rings (SSSR count). The van der Waals surface area contributed by atoms with E-state index in [4.69, 9.17) is 21.1 Å². The summed E-state index contributed by atoms with van der Waals surface area (Å²) in [4.78, 5) is 11.8. The van der Waals surface area contributed by atoms with Gasteiger partial charge in [-0.25, -0.2) is 13.1 Å². The van der Waals surface area contributed by atoms with Gasteiger partial charge in [-0.15, -0.1) is 0 Å². The van der Waals surface area contributed by atoms with Crippen LogP contribution < -0.4 is 14.8 Å². The highest BCUT2D eigenvalue weighted by atomic mass is 35.5. The average molecular weight is 413 g/mol. The Bertz CT molecular complexity index is 874. The molecule has 2 aromatic carbocycles. The molecule has 7 nitrogen and oxygen atoms in total. The number of carbonyl (C=O) groups excluding carboxylic acids is 1. The molecule has 146 valence electrons. The molecule has 0 unspecified atom stereocenters. The molecule has 9 heteroatoms. The zero-order valence-corrected chi connectivity index (χ0v) is 16.3. The predicted octanol–water partition coefficient (Wildman–Crippen LogP) is 1.96. The van der Waals surface area contributed by atoms with Crippen LogP contribution in [0, 0.1) is 0 Å². The molecule has 0 aromatic heterocycles. The number of ether oxygens (including phenoxy) is 2. The molecule has 0 atom stereocenters. The number of rotatable bonds is 10. The van der Waals surface area contributed by atoms with E-state index in [1.165, 1.54) is 12.1 Å². The van der Waals surface area contributed by atoms with E-state index in [1.807, 2.05) is 24.3 Å². The first-order valence-corrected chi connectivity index (χ1v) is 9.99. The minimum Gasteiger partial charge on any atom is -0.497 e. The van der Waals surface area contributed by atoms with Gasteiger partial charge < -0.3 is 14.8 Å². The second-order valence-corrected chi connectivity index (χ2v) is 7.75. The largest absolute Gasteiger partial charge is 0.497 e. The zero-order chi connectivity index (χ0) is 19.7. The van der Waals surface area contributed by atoms with Crippen molar-refractivity contribution in [3.8, 4) is 5.75 Å². The Morgan fingerprint density at radius 3 is 2.63 bits per heavy atom. The fraction of sp³-hybridized carbons (Fsp3) is 0.278. The number of nitrogens with one attached hydrogen (secondary N) is 2. The number of methoxy groups -OCH3 is 1. The normalized spacial score (nSPS) is 11.2. The topological polar surface area (TPSA) is 93.7 Å². The number of benzene rings is 2. The first kappa shape index (κ1) is 21.2. The molecule has 1 amide bonds. The van der Waals surface area contributed by atoms with Gasteiger partial charge in [0, 0.05) is 18.1 Å². The third-order valence-corrected chi connectivity index (χ3v) is 5.18.